The molecule has 1 atom stereocenters. The Bertz CT molecular complexity index is 450. The van der Waals surface area contributed by atoms with Crippen molar-refractivity contribution in [3.8, 4) is 0 Å². The molecule has 0 saturated carbocycles. The van der Waals surface area contributed by atoms with Gasteiger partial charge in [0.25, 0.3) is 0 Å². The number of hydrogen-bond donors (Lipinski definition) is 1. The maximum atomic E-state index is 11.7. The van der Waals surface area contributed by atoms with Crippen LogP contribution in [0.1, 0.15) is 12.5 Å². The lowest BCUT2D eigenvalue weighted by molar-refractivity contribution is -0.142. The lowest BCUT2D eigenvalue weighted by atomic mass is 10.1. The van der Waals surface area contributed by atoms with E-state index in [1.165, 1.54) is 7.11 Å². The highest BCUT2D eigenvalue weighted by Gasteiger charge is 2.23. The first kappa shape index (κ1) is 15.5. The standard InChI is InChI=1S/C13H16BrNO4/c1-3-19-13(17)15-11(12(16)18-2)8-9-6-4-5-7-10(9)14/h4-7,11H,3,8H2,1-2H3,(H,15,17). The highest BCUT2D eigenvalue weighted by molar-refractivity contribution is 9.10. The average Bonchev–Trinajstić information content (AvgIpc) is 2.39. The molecule has 0 saturated heterocycles. The predicted octanol–water partition coefficient (Wildman–Crippen LogP) is 2.28. The molecule has 104 valence electrons. The van der Waals surface area contributed by atoms with Crippen molar-refractivity contribution in [2.24, 2.45) is 0 Å². The molecule has 0 heterocycles. The summed E-state index contributed by atoms with van der Waals surface area (Å²) in [6.07, 6.45) is -0.308. The highest BCUT2D eigenvalue weighted by Crippen LogP contribution is 2.17. The van der Waals surface area contributed by atoms with Crippen molar-refractivity contribution >= 4 is 28.0 Å². The van der Waals surface area contributed by atoms with Crippen molar-refractivity contribution in [2.45, 2.75) is 19.4 Å². The fourth-order valence-corrected chi connectivity index (χ4v) is 1.98. The molecule has 0 aliphatic rings. The van der Waals surface area contributed by atoms with Gasteiger partial charge in [0.05, 0.1) is 13.7 Å². The lowest BCUT2D eigenvalue weighted by Crippen LogP contribution is -2.43. The van der Waals surface area contributed by atoms with E-state index in [4.69, 9.17) is 4.74 Å². The molecule has 1 unspecified atom stereocenters. The molecule has 5 nitrogen and oxygen atoms in total. The Morgan fingerprint density at radius 2 is 2.05 bits per heavy atom. The number of ether oxygens (including phenoxy) is 2. The largest absolute Gasteiger partial charge is 0.467 e. The molecular formula is C13H16BrNO4. The number of carbonyl (C=O) groups excluding carboxylic acids is 2. The van der Waals surface area contributed by atoms with Gasteiger partial charge in [-0.1, -0.05) is 34.1 Å². The number of rotatable bonds is 5. The minimum atomic E-state index is -0.775. The van der Waals surface area contributed by atoms with E-state index in [0.29, 0.717) is 6.42 Å². The van der Waals surface area contributed by atoms with Gasteiger partial charge in [-0.2, -0.15) is 0 Å². The Kier molecular flexibility index (Phi) is 6.35. The Hall–Kier alpha value is -1.56. The molecule has 1 N–H and O–H groups in total. The minimum Gasteiger partial charge on any atom is -0.467 e. The van der Waals surface area contributed by atoms with Gasteiger partial charge in [0.1, 0.15) is 6.04 Å². The summed E-state index contributed by atoms with van der Waals surface area (Å²) in [5.41, 5.74) is 0.898. The van der Waals surface area contributed by atoms with E-state index < -0.39 is 18.1 Å². The molecule has 1 rings (SSSR count). The summed E-state index contributed by atoms with van der Waals surface area (Å²) in [5, 5.41) is 2.49. The van der Waals surface area contributed by atoms with E-state index in [2.05, 4.69) is 26.0 Å². The van der Waals surface area contributed by atoms with E-state index in [1.807, 2.05) is 24.3 Å². The zero-order valence-corrected chi connectivity index (χ0v) is 12.4. The monoisotopic (exact) mass is 329 g/mol. The predicted molar refractivity (Wildman–Crippen MR) is 73.8 cm³/mol. The summed E-state index contributed by atoms with van der Waals surface area (Å²) in [5.74, 6) is -0.510. The highest BCUT2D eigenvalue weighted by atomic mass is 79.9. The third-order valence-electron chi connectivity index (χ3n) is 2.44. The summed E-state index contributed by atoms with van der Waals surface area (Å²) in [6.45, 7) is 1.94. The fraction of sp³-hybridized carbons (Fsp3) is 0.385. The van der Waals surface area contributed by atoms with Crippen molar-refractivity contribution in [1.82, 2.24) is 5.32 Å². The van der Waals surface area contributed by atoms with Crippen LogP contribution in [-0.4, -0.2) is 31.8 Å². The lowest BCUT2D eigenvalue weighted by Gasteiger charge is -2.16. The first-order chi connectivity index (χ1) is 9.08. The third kappa shape index (κ3) is 4.90. The van der Waals surface area contributed by atoms with E-state index in [0.717, 1.165) is 10.0 Å². The summed E-state index contributed by atoms with van der Waals surface area (Å²) in [7, 11) is 1.28. The zero-order chi connectivity index (χ0) is 14.3. The van der Waals surface area contributed by atoms with Gasteiger partial charge in [0, 0.05) is 10.9 Å². The van der Waals surface area contributed by atoms with E-state index in [-0.39, 0.29) is 6.61 Å². The van der Waals surface area contributed by atoms with Gasteiger partial charge in [0.15, 0.2) is 0 Å². The Balaban J connectivity index is 2.78. The van der Waals surface area contributed by atoms with Crippen molar-refractivity contribution in [2.75, 3.05) is 13.7 Å². The third-order valence-corrected chi connectivity index (χ3v) is 3.21. The maximum Gasteiger partial charge on any atom is 0.407 e. The number of halogens is 1. The molecular weight excluding hydrogens is 314 g/mol. The van der Waals surface area contributed by atoms with Crippen LogP contribution >= 0.6 is 15.9 Å². The van der Waals surface area contributed by atoms with Crippen LogP contribution in [0.4, 0.5) is 4.79 Å². The van der Waals surface area contributed by atoms with E-state index >= 15 is 0 Å². The second-order valence-electron chi connectivity index (χ2n) is 3.74. The Morgan fingerprint density at radius 1 is 1.37 bits per heavy atom. The molecule has 1 amide bonds. The first-order valence-corrected chi connectivity index (χ1v) is 6.62. The van der Waals surface area contributed by atoms with Crippen molar-refractivity contribution in [3.63, 3.8) is 0 Å². The summed E-state index contributed by atoms with van der Waals surface area (Å²) >= 11 is 3.40. The number of methoxy groups -OCH3 is 1. The molecule has 0 aromatic heterocycles. The molecule has 0 spiro atoms. The molecule has 0 fully saturated rings. The number of carbonyl (C=O) groups is 2. The second-order valence-corrected chi connectivity index (χ2v) is 4.59. The van der Waals surface area contributed by atoms with Gasteiger partial charge < -0.3 is 14.8 Å². The number of nitrogens with one attached hydrogen (secondary N) is 1. The average molecular weight is 330 g/mol. The molecule has 0 aliphatic carbocycles. The molecule has 1 aromatic rings. The van der Waals surface area contributed by atoms with Crippen LogP contribution in [-0.2, 0) is 20.7 Å². The van der Waals surface area contributed by atoms with Crippen LogP contribution in [0.2, 0.25) is 0 Å². The van der Waals surface area contributed by atoms with Crippen LogP contribution in [0.15, 0.2) is 28.7 Å². The van der Waals surface area contributed by atoms with E-state index in [1.54, 1.807) is 6.92 Å². The van der Waals surface area contributed by atoms with Gasteiger partial charge in [-0.3, -0.25) is 0 Å². The van der Waals surface area contributed by atoms with Gasteiger partial charge >= 0.3 is 12.1 Å². The molecule has 1 aromatic carbocycles. The second kappa shape index (κ2) is 7.78. The number of esters is 1. The number of benzene rings is 1. The quantitative estimate of drug-likeness (QED) is 0.842. The zero-order valence-electron chi connectivity index (χ0n) is 10.8. The molecule has 0 bridgehead atoms. The van der Waals surface area contributed by atoms with Crippen LogP contribution in [0.25, 0.3) is 0 Å². The van der Waals surface area contributed by atoms with E-state index in [9.17, 15) is 9.59 Å². The Labute approximate surface area is 120 Å². The number of alkyl carbamates (subject to hydrolysis) is 1. The molecule has 0 radical (unpaired) electrons. The summed E-state index contributed by atoms with van der Waals surface area (Å²) < 4.78 is 10.3. The van der Waals surface area contributed by atoms with Crippen molar-refractivity contribution < 1.29 is 19.1 Å². The summed E-state index contributed by atoms with van der Waals surface area (Å²) in [6, 6.07) is 6.70. The van der Waals surface area contributed by atoms with Gasteiger partial charge in [-0.15, -0.1) is 0 Å². The SMILES string of the molecule is CCOC(=O)NC(Cc1ccccc1Br)C(=O)OC. The molecule has 0 aliphatic heterocycles. The topological polar surface area (TPSA) is 64.6 Å². The van der Waals surface area contributed by atoms with Gasteiger partial charge in [-0.25, -0.2) is 9.59 Å². The van der Waals surface area contributed by atoms with Crippen LogP contribution in [0.5, 0.6) is 0 Å². The van der Waals surface area contributed by atoms with Crippen molar-refractivity contribution in [1.29, 1.82) is 0 Å². The van der Waals surface area contributed by atoms with Gasteiger partial charge in [-0.05, 0) is 18.6 Å². The van der Waals surface area contributed by atoms with Gasteiger partial charge in [0.2, 0.25) is 0 Å². The number of hydrogen-bond acceptors (Lipinski definition) is 4. The van der Waals surface area contributed by atoms with Crippen LogP contribution in [0.3, 0.4) is 0 Å². The fourth-order valence-electron chi connectivity index (χ4n) is 1.53. The summed E-state index contributed by atoms with van der Waals surface area (Å²) in [4.78, 5) is 23.1. The normalized spacial score (nSPS) is 11.5. The Morgan fingerprint density at radius 3 is 2.63 bits per heavy atom. The molecule has 19 heavy (non-hydrogen) atoms. The maximum absolute atomic E-state index is 11.7. The molecule has 6 heteroatoms. The first-order valence-electron chi connectivity index (χ1n) is 5.83. The van der Waals surface area contributed by atoms with Crippen molar-refractivity contribution in [3.05, 3.63) is 34.3 Å². The smallest absolute Gasteiger partial charge is 0.407 e. The number of amides is 1. The minimum absolute atomic E-state index is 0.245. The van der Waals surface area contributed by atoms with Crippen LogP contribution in [0, 0.1) is 0 Å². The van der Waals surface area contributed by atoms with Crippen LogP contribution < -0.4 is 5.32 Å².